The lowest BCUT2D eigenvalue weighted by Gasteiger charge is -2.26. The Morgan fingerprint density at radius 2 is 2.04 bits per heavy atom. The monoisotopic (exact) mass is 326 g/mol. The fourth-order valence-corrected chi connectivity index (χ4v) is 2.65. The summed E-state index contributed by atoms with van der Waals surface area (Å²) in [6.07, 6.45) is 0. The molecule has 0 bridgehead atoms. The third kappa shape index (κ3) is 2.48. The smallest absolute Gasteiger partial charge is 0.343 e. The Kier molecular flexibility index (Phi) is 3.73. The lowest BCUT2D eigenvalue weighted by molar-refractivity contribution is 0.296. The lowest BCUT2D eigenvalue weighted by Crippen LogP contribution is -2.26. The van der Waals surface area contributed by atoms with E-state index in [1.807, 2.05) is 6.07 Å². The summed E-state index contributed by atoms with van der Waals surface area (Å²) in [5, 5.41) is 28.9. The molecule has 1 unspecified atom stereocenters. The molecule has 24 heavy (non-hydrogen) atoms. The Hall–Kier alpha value is -3.28. The summed E-state index contributed by atoms with van der Waals surface area (Å²) in [5.74, 6) is -0.314. The van der Waals surface area contributed by atoms with Crippen LogP contribution >= 0.6 is 0 Å². The average Bonchev–Trinajstić information content (AvgIpc) is 2.53. The molecule has 0 spiro atoms. The van der Waals surface area contributed by atoms with E-state index in [0.29, 0.717) is 11.3 Å². The van der Waals surface area contributed by atoms with Gasteiger partial charge >= 0.3 is 5.63 Å². The van der Waals surface area contributed by atoms with Gasteiger partial charge in [0.05, 0.1) is 17.2 Å². The SMILES string of the molecule is Cc1cc2c(c(=O)o1)C(c1ccc(N([O-])O)cc1)C(C#N)=C(N)O2. The van der Waals surface area contributed by atoms with Crippen LogP contribution in [-0.4, -0.2) is 5.21 Å². The van der Waals surface area contributed by atoms with E-state index in [0.717, 1.165) is 0 Å². The van der Waals surface area contributed by atoms with Gasteiger partial charge in [-0.15, -0.1) is 0 Å². The Bertz CT molecular complexity index is 922. The van der Waals surface area contributed by atoms with Crippen molar-refractivity contribution in [1.29, 1.82) is 5.26 Å². The minimum absolute atomic E-state index is 0.0115. The summed E-state index contributed by atoms with van der Waals surface area (Å²) < 4.78 is 10.5. The number of benzene rings is 1. The predicted octanol–water partition coefficient (Wildman–Crippen LogP) is 1.86. The third-order valence-corrected chi connectivity index (χ3v) is 3.70. The standard InChI is InChI=1S/C16H12N3O5/c1-8-6-12-14(16(20)23-8)13(11(7-17)15(18)24-12)9-2-4-10(5-3-9)19(21)22/h2-6,13,21H,18H2,1H3/q-1. The highest BCUT2D eigenvalue weighted by molar-refractivity contribution is 5.56. The molecule has 1 aromatic carbocycles. The minimum atomic E-state index is -0.788. The van der Waals surface area contributed by atoms with Crippen molar-refractivity contribution in [3.05, 3.63) is 74.3 Å². The van der Waals surface area contributed by atoms with Crippen molar-refractivity contribution in [1.82, 2.24) is 0 Å². The normalized spacial score (nSPS) is 16.2. The second kappa shape index (κ2) is 5.73. The number of hydrogen-bond donors (Lipinski definition) is 2. The van der Waals surface area contributed by atoms with Crippen LogP contribution in [-0.2, 0) is 0 Å². The second-order valence-electron chi connectivity index (χ2n) is 5.21. The number of fused-ring (bicyclic) bond motifs is 1. The molecule has 0 fully saturated rings. The summed E-state index contributed by atoms with van der Waals surface area (Å²) in [7, 11) is 0. The number of nitrogens with zero attached hydrogens (tertiary/aromatic N) is 2. The van der Waals surface area contributed by atoms with Crippen LogP contribution in [0.15, 0.2) is 51.0 Å². The van der Waals surface area contributed by atoms with E-state index >= 15 is 0 Å². The van der Waals surface area contributed by atoms with Crippen LogP contribution in [0.4, 0.5) is 5.69 Å². The van der Waals surface area contributed by atoms with Crippen molar-refractivity contribution in [3.8, 4) is 11.8 Å². The molecule has 1 aromatic heterocycles. The molecule has 0 saturated heterocycles. The molecule has 0 aliphatic carbocycles. The van der Waals surface area contributed by atoms with Crippen molar-refractivity contribution in [3.63, 3.8) is 0 Å². The Morgan fingerprint density at radius 1 is 1.38 bits per heavy atom. The number of nitrogens with two attached hydrogens (primary N) is 1. The minimum Gasteiger partial charge on any atom is -0.733 e. The average molecular weight is 326 g/mol. The Balaban J connectivity index is 2.22. The zero-order valence-electron chi connectivity index (χ0n) is 12.5. The molecule has 2 aromatic rings. The van der Waals surface area contributed by atoms with E-state index in [-0.39, 0.29) is 33.7 Å². The first-order valence-electron chi connectivity index (χ1n) is 6.90. The van der Waals surface area contributed by atoms with Crippen molar-refractivity contribution in [2.75, 3.05) is 5.23 Å². The molecule has 1 atom stereocenters. The first-order valence-corrected chi connectivity index (χ1v) is 6.90. The van der Waals surface area contributed by atoms with Gasteiger partial charge in [-0.2, -0.15) is 5.26 Å². The van der Waals surface area contributed by atoms with E-state index in [2.05, 4.69) is 0 Å². The molecular formula is C16H12N3O5-. The van der Waals surface area contributed by atoms with Gasteiger partial charge in [0.15, 0.2) is 0 Å². The zero-order chi connectivity index (χ0) is 17.4. The molecule has 3 rings (SSSR count). The molecule has 0 amide bonds. The van der Waals surface area contributed by atoms with Gasteiger partial charge in [0.2, 0.25) is 5.88 Å². The molecule has 2 heterocycles. The molecule has 1 aliphatic rings. The maximum atomic E-state index is 12.3. The van der Waals surface area contributed by atoms with Gasteiger partial charge in [-0.1, -0.05) is 12.1 Å². The molecule has 0 radical (unpaired) electrons. The van der Waals surface area contributed by atoms with Gasteiger partial charge in [0.25, 0.3) is 0 Å². The molecule has 8 nitrogen and oxygen atoms in total. The maximum absolute atomic E-state index is 12.3. The van der Waals surface area contributed by atoms with Crippen LogP contribution in [0.2, 0.25) is 0 Å². The Labute approximate surface area is 136 Å². The van der Waals surface area contributed by atoms with Crippen LogP contribution < -0.4 is 21.3 Å². The van der Waals surface area contributed by atoms with Crippen LogP contribution in [0, 0.1) is 23.5 Å². The molecule has 122 valence electrons. The zero-order valence-corrected chi connectivity index (χ0v) is 12.5. The topological polar surface area (TPSA) is 136 Å². The van der Waals surface area contributed by atoms with Gasteiger partial charge in [0, 0.05) is 6.07 Å². The highest BCUT2D eigenvalue weighted by Gasteiger charge is 2.34. The highest BCUT2D eigenvalue weighted by Crippen LogP contribution is 2.40. The van der Waals surface area contributed by atoms with Crippen LogP contribution in [0.3, 0.4) is 0 Å². The van der Waals surface area contributed by atoms with Crippen molar-refractivity contribution in [2.45, 2.75) is 12.8 Å². The molecular weight excluding hydrogens is 314 g/mol. The number of rotatable bonds is 2. The number of ether oxygens (including phenoxy) is 1. The summed E-state index contributed by atoms with van der Waals surface area (Å²) in [5.41, 5.74) is 5.94. The van der Waals surface area contributed by atoms with E-state index in [1.165, 1.54) is 30.3 Å². The van der Waals surface area contributed by atoms with Crippen LogP contribution in [0.25, 0.3) is 0 Å². The van der Waals surface area contributed by atoms with Gasteiger partial charge in [-0.3, -0.25) is 5.21 Å². The molecule has 0 saturated carbocycles. The quantitative estimate of drug-likeness (QED) is 0.798. The fraction of sp³-hybridized carbons (Fsp3) is 0.125. The summed E-state index contributed by atoms with van der Waals surface area (Å²) >= 11 is 0. The fourth-order valence-electron chi connectivity index (χ4n) is 2.65. The highest BCUT2D eigenvalue weighted by atomic mass is 16.8. The van der Waals surface area contributed by atoms with Gasteiger partial charge in [-0.05, 0) is 24.6 Å². The van der Waals surface area contributed by atoms with E-state index < -0.39 is 11.5 Å². The molecule has 1 aliphatic heterocycles. The van der Waals surface area contributed by atoms with Crippen LogP contribution in [0.1, 0.15) is 22.8 Å². The third-order valence-electron chi connectivity index (χ3n) is 3.70. The first kappa shape index (κ1) is 15.6. The van der Waals surface area contributed by atoms with Gasteiger partial charge < -0.3 is 25.3 Å². The maximum Gasteiger partial charge on any atom is 0.343 e. The number of anilines is 1. The van der Waals surface area contributed by atoms with E-state index in [9.17, 15) is 15.3 Å². The van der Waals surface area contributed by atoms with Crippen LogP contribution in [0.5, 0.6) is 5.75 Å². The van der Waals surface area contributed by atoms with E-state index in [1.54, 1.807) is 6.92 Å². The summed E-state index contributed by atoms with van der Waals surface area (Å²) in [6.45, 7) is 1.60. The number of nitriles is 1. The number of hydrogen-bond acceptors (Lipinski definition) is 8. The first-order chi connectivity index (χ1) is 11.4. The van der Waals surface area contributed by atoms with E-state index in [4.69, 9.17) is 20.1 Å². The van der Waals surface area contributed by atoms with Crippen molar-refractivity contribution < 1.29 is 14.4 Å². The Morgan fingerprint density at radius 3 is 2.62 bits per heavy atom. The van der Waals surface area contributed by atoms with Crippen molar-refractivity contribution in [2.24, 2.45) is 5.73 Å². The second-order valence-corrected chi connectivity index (χ2v) is 5.21. The van der Waals surface area contributed by atoms with Gasteiger partial charge in [-0.25, -0.2) is 4.79 Å². The number of allylic oxidation sites excluding steroid dienone is 1. The largest absolute Gasteiger partial charge is 0.733 e. The summed E-state index contributed by atoms with van der Waals surface area (Å²) in [4.78, 5) is 12.3. The predicted molar refractivity (Wildman–Crippen MR) is 83.1 cm³/mol. The lowest BCUT2D eigenvalue weighted by atomic mass is 9.84. The van der Waals surface area contributed by atoms with Gasteiger partial charge in [0.1, 0.15) is 23.2 Å². The summed E-state index contributed by atoms with van der Waals surface area (Å²) in [6, 6.07) is 9.22. The molecule has 8 heteroatoms. The molecule has 3 N–H and O–H groups in total. The van der Waals surface area contributed by atoms with Crippen molar-refractivity contribution >= 4 is 5.69 Å². The number of aryl methyl sites for hydroxylation is 1.